The first-order valence-electron chi connectivity index (χ1n) is 26.0. The Balaban J connectivity index is 4.27. The molecule has 0 aliphatic carbocycles. The molecule has 0 aromatic carbocycles. The monoisotopic (exact) mass is 843 g/mol. The summed E-state index contributed by atoms with van der Waals surface area (Å²) in [6.45, 7) is 6.53. The van der Waals surface area contributed by atoms with Gasteiger partial charge in [0.15, 0.2) is 6.10 Å². The van der Waals surface area contributed by atoms with Crippen LogP contribution in [0.15, 0.2) is 36.5 Å². The Kier molecular flexibility index (Phi) is 47.3. The first-order chi connectivity index (χ1) is 29.5. The third-order valence-electron chi connectivity index (χ3n) is 11.4. The van der Waals surface area contributed by atoms with Gasteiger partial charge in [0, 0.05) is 19.3 Å². The van der Waals surface area contributed by atoms with Crippen molar-refractivity contribution in [2.45, 2.75) is 277 Å². The fraction of sp³-hybridized carbons (Fsp3) is 0.833. The van der Waals surface area contributed by atoms with Crippen LogP contribution in [0.1, 0.15) is 271 Å². The Bertz CT molecular complexity index is 1020. The van der Waals surface area contributed by atoms with Crippen LogP contribution in [0.4, 0.5) is 0 Å². The van der Waals surface area contributed by atoms with Gasteiger partial charge < -0.3 is 14.2 Å². The number of hydrogen-bond acceptors (Lipinski definition) is 6. The Labute approximate surface area is 372 Å². The van der Waals surface area contributed by atoms with Crippen LogP contribution in [-0.2, 0) is 28.6 Å². The number of esters is 3. The molecule has 0 aromatic heterocycles. The van der Waals surface area contributed by atoms with Crippen LogP contribution in [0.2, 0.25) is 0 Å². The number of unbranched alkanes of at least 4 members (excludes halogenated alkanes) is 30. The van der Waals surface area contributed by atoms with Gasteiger partial charge in [0.25, 0.3) is 0 Å². The summed E-state index contributed by atoms with van der Waals surface area (Å²) >= 11 is 0. The van der Waals surface area contributed by atoms with Gasteiger partial charge in [-0.05, 0) is 51.4 Å². The topological polar surface area (TPSA) is 78.9 Å². The van der Waals surface area contributed by atoms with Crippen LogP contribution in [-0.4, -0.2) is 37.2 Å². The molecule has 0 fully saturated rings. The van der Waals surface area contributed by atoms with E-state index in [0.29, 0.717) is 19.3 Å². The smallest absolute Gasteiger partial charge is 0.306 e. The van der Waals surface area contributed by atoms with Crippen molar-refractivity contribution in [3.8, 4) is 0 Å². The molecule has 0 aliphatic heterocycles. The molecule has 1 atom stereocenters. The lowest BCUT2D eigenvalue weighted by Crippen LogP contribution is -2.30. The van der Waals surface area contributed by atoms with Crippen LogP contribution in [0.25, 0.3) is 0 Å². The zero-order chi connectivity index (χ0) is 43.7. The van der Waals surface area contributed by atoms with Crippen molar-refractivity contribution in [2.24, 2.45) is 0 Å². The Morgan fingerprint density at radius 3 is 1.02 bits per heavy atom. The maximum Gasteiger partial charge on any atom is 0.306 e. The second kappa shape index (κ2) is 49.3. The third-order valence-corrected chi connectivity index (χ3v) is 11.4. The number of allylic oxidation sites excluding steroid dienone is 6. The molecule has 0 rings (SSSR count). The summed E-state index contributed by atoms with van der Waals surface area (Å²) in [5.74, 6) is -0.866. The predicted molar refractivity (Wildman–Crippen MR) is 256 cm³/mol. The van der Waals surface area contributed by atoms with Crippen molar-refractivity contribution in [1.29, 1.82) is 0 Å². The lowest BCUT2D eigenvalue weighted by molar-refractivity contribution is -0.167. The quantitative estimate of drug-likeness (QED) is 0.0263. The molecule has 0 amide bonds. The summed E-state index contributed by atoms with van der Waals surface area (Å²) in [7, 11) is 0. The zero-order valence-corrected chi connectivity index (χ0v) is 40.0. The highest BCUT2D eigenvalue weighted by atomic mass is 16.6. The van der Waals surface area contributed by atoms with Gasteiger partial charge in [-0.3, -0.25) is 14.4 Å². The summed E-state index contributed by atoms with van der Waals surface area (Å²) in [5, 5.41) is 0. The highest BCUT2D eigenvalue weighted by Gasteiger charge is 2.19. The van der Waals surface area contributed by atoms with Gasteiger partial charge in [0.1, 0.15) is 13.2 Å². The van der Waals surface area contributed by atoms with Gasteiger partial charge in [0.2, 0.25) is 0 Å². The number of hydrogen-bond donors (Lipinski definition) is 0. The molecule has 0 bridgehead atoms. The summed E-state index contributed by atoms with van der Waals surface area (Å²) in [4.78, 5) is 37.9. The maximum absolute atomic E-state index is 12.8. The van der Waals surface area contributed by atoms with Crippen LogP contribution in [0.5, 0.6) is 0 Å². The van der Waals surface area contributed by atoms with E-state index in [1.54, 1.807) is 0 Å². The standard InChI is InChI=1S/C54H98O6/c1-4-7-10-13-16-19-21-23-25-26-27-28-29-31-32-35-38-41-44-47-53(56)59-50-51(49-58-52(55)46-43-40-37-34-18-15-12-9-6-3)60-54(57)48-45-42-39-36-33-30-24-22-20-17-14-11-8-5-2/h7,10,16,19,23,25,51H,4-6,8-9,11-15,17-18,20-22,24,26-50H2,1-3H3/b10-7-,19-16-,25-23-. The molecule has 1 unspecified atom stereocenters. The van der Waals surface area contributed by atoms with Gasteiger partial charge >= 0.3 is 17.9 Å². The molecule has 0 spiro atoms. The van der Waals surface area contributed by atoms with Gasteiger partial charge in [-0.2, -0.15) is 0 Å². The predicted octanol–water partition coefficient (Wildman–Crippen LogP) is 16.9. The molecule has 0 aliphatic rings. The number of carbonyl (C=O) groups is 3. The SMILES string of the molecule is CC/C=C\C/C=C\C/C=C\CCCCCCCCCCCC(=O)OCC(COC(=O)CCCCCCCCCCC)OC(=O)CCCCCCCCCCCCCCCC. The van der Waals surface area contributed by atoms with Gasteiger partial charge in [0.05, 0.1) is 0 Å². The molecule has 0 saturated heterocycles. The molecule has 0 radical (unpaired) electrons. The van der Waals surface area contributed by atoms with Crippen LogP contribution >= 0.6 is 0 Å². The Morgan fingerprint density at radius 1 is 0.350 bits per heavy atom. The third kappa shape index (κ3) is 46.7. The minimum absolute atomic E-state index is 0.0697. The molecule has 6 heteroatoms. The van der Waals surface area contributed by atoms with Crippen molar-refractivity contribution >= 4 is 17.9 Å². The molecule has 0 saturated carbocycles. The second-order valence-electron chi connectivity index (χ2n) is 17.4. The Morgan fingerprint density at radius 2 is 0.650 bits per heavy atom. The number of rotatable bonds is 47. The Hall–Kier alpha value is -2.37. The first-order valence-corrected chi connectivity index (χ1v) is 26.0. The van der Waals surface area contributed by atoms with E-state index in [1.165, 1.54) is 154 Å². The van der Waals surface area contributed by atoms with E-state index in [4.69, 9.17) is 14.2 Å². The first kappa shape index (κ1) is 57.6. The van der Waals surface area contributed by atoms with Crippen molar-refractivity contribution < 1.29 is 28.6 Å². The van der Waals surface area contributed by atoms with Gasteiger partial charge in [-0.1, -0.05) is 237 Å². The van der Waals surface area contributed by atoms with E-state index < -0.39 is 6.10 Å². The molecule has 6 nitrogen and oxygen atoms in total. The highest BCUT2D eigenvalue weighted by Crippen LogP contribution is 2.16. The molecule has 0 heterocycles. The fourth-order valence-electron chi connectivity index (χ4n) is 7.52. The van der Waals surface area contributed by atoms with E-state index in [1.807, 2.05) is 0 Å². The van der Waals surface area contributed by atoms with Crippen molar-refractivity contribution in [1.82, 2.24) is 0 Å². The zero-order valence-electron chi connectivity index (χ0n) is 40.0. The van der Waals surface area contributed by atoms with Crippen LogP contribution in [0.3, 0.4) is 0 Å². The fourth-order valence-corrected chi connectivity index (χ4v) is 7.52. The average Bonchev–Trinajstić information content (AvgIpc) is 3.24. The van der Waals surface area contributed by atoms with Gasteiger partial charge in [-0.25, -0.2) is 0 Å². The van der Waals surface area contributed by atoms with E-state index >= 15 is 0 Å². The molecular formula is C54H98O6. The van der Waals surface area contributed by atoms with Gasteiger partial charge in [-0.15, -0.1) is 0 Å². The summed E-state index contributed by atoms with van der Waals surface area (Å²) in [6, 6.07) is 0. The molecule has 0 N–H and O–H groups in total. The molecular weight excluding hydrogens is 745 g/mol. The molecule has 0 aromatic rings. The van der Waals surface area contributed by atoms with Crippen molar-refractivity contribution in [3.05, 3.63) is 36.5 Å². The lowest BCUT2D eigenvalue weighted by Gasteiger charge is -2.18. The van der Waals surface area contributed by atoms with E-state index in [9.17, 15) is 14.4 Å². The van der Waals surface area contributed by atoms with E-state index in [-0.39, 0.29) is 31.1 Å². The summed E-state index contributed by atoms with van der Waals surface area (Å²) in [6.07, 6.45) is 57.0. The molecule has 350 valence electrons. The minimum Gasteiger partial charge on any atom is -0.462 e. The van der Waals surface area contributed by atoms with Crippen LogP contribution in [0, 0.1) is 0 Å². The second-order valence-corrected chi connectivity index (χ2v) is 17.4. The molecule has 60 heavy (non-hydrogen) atoms. The summed E-state index contributed by atoms with van der Waals surface area (Å²) in [5.41, 5.74) is 0. The number of carbonyl (C=O) groups excluding carboxylic acids is 3. The highest BCUT2D eigenvalue weighted by molar-refractivity contribution is 5.71. The maximum atomic E-state index is 12.8. The van der Waals surface area contributed by atoms with E-state index in [2.05, 4.69) is 57.2 Å². The summed E-state index contributed by atoms with van der Waals surface area (Å²) < 4.78 is 16.8. The normalized spacial score (nSPS) is 12.2. The number of ether oxygens (including phenoxy) is 3. The minimum atomic E-state index is -0.767. The van der Waals surface area contributed by atoms with E-state index in [0.717, 1.165) is 77.0 Å². The van der Waals surface area contributed by atoms with Crippen LogP contribution < -0.4 is 0 Å². The van der Waals surface area contributed by atoms with Crippen molar-refractivity contribution in [3.63, 3.8) is 0 Å². The average molecular weight is 843 g/mol. The van der Waals surface area contributed by atoms with Crippen molar-refractivity contribution in [2.75, 3.05) is 13.2 Å². The largest absolute Gasteiger partial charge is 0.462 e. The lowest BCUT2D eigenvalue weighted by atomic mass is 10.0.